The van der Waals surface area contributed by atoms with Crippen molar-refractivity contribution in [2.45, 2.75) is 20.8 Å². The lowest BCUT2D eigenvalue weighted by atomic mass is 10.1. The monoisotopic (exact) mass is 418 g/mol. The molecule has 0 saturated heterocycles. The molecule has 3 aromatic heterocycles. The molecule has 0 unspecified atom stereocenters. The summed E-state index contributed by atoms with van der Waals surface area (Å²) < 4.78 is 12.7. The van der Waals surface area contributed by atoms with Crippen LogP contribution < -0.4 is 5.32 Å². The molecular formula is C23H22N4O4. The standard InChI is InChI=1S/C23H22N4O4/c1-13-9-10-20(31-13)19-11-17(16-7-5-6-8-18(16)24-19)23(29)30-12-21(28)25-22-14(2)26-27(4)15(22)3/h5-11H,12H2,1-4H3,(H,25,28). The Morgan fingerprint density at radius 1 is 1.13 bits per heavy atom. The highest BCUT2D eigenvalue weighted by Gasteiger charge is 2.19. The first-order chi connectivity index (χ1) is 14.8. The van der Waals surface area contributed by atoms with E-state index in [9.17, 15) is 9.59 Å². The van der Waals surface area contributed by atoms with Crippen molar-refractivity contribution in [1.82, 2.24) is 14.8 Å². The second kappa shape index (κ2) is 8.06. The third kappa shape index (κ3) is 4.05. The maximum Gasteiger partial charge on any atom is 0.339 e. The number of carbonyl (C=O) groups excluding carboxylic acids is 2. The molecule has 4 rings (SSSR count). The average molecular weight is 418 g/mol. The van der Waals surface area contributed by atoms with Crippen LogP contribution in [0.25, 0.3) is 22.4 Å². The van der Waals surface area contributed by atoms with Crippen LogP contribution in [0.3, 0.4) is 0 Å². The van der Waals surface area contributed by atoms with Crippen molar-refractivity contribution in [2.75, 3.05) is 11.9 Å². The quantitative estimate of drug-likeness (QED) is 0.493. The van der Waals surface area contributed by atoms with Crippen LogP contribution >= 0.6 is 0 Å². The number of nitrogens with zero attached hydrogens (tertiary/aromatic N) is 3. The highest BCUT2D eigenvalue weighted by atomic mass is 16.5. The van der Waals surface area contributed by atoms with Crippen molar-refractivity contribution in [3.8, 4) is 11.5 Å². The Hall–Kier alpha value is -3.94. The van der Waals surface area contributed by atoms with E-state index in [1.165, 1.54) is 0 Å². The van der Waals surface area contributed by atoms with Gasteiger partial charge in [0, 0.05) is 12.4 Å². The van der Waals surface area contributed by atoms with Gasteiger partial charge in [0.05, 0.1) is 28.2 Å². The molecule has 1 amide bonds. The summed E-state index contributed by atoms with van der Waals surface area (Å²) in [7, 11) is 1.80. The van der Waals surface area contributed by atoms with E-state index >= 15 is 0 Å². The van der Waals surface area contributed by atoms with Gasteiger partial charge in [-0.2, -0.15) is 5.10 Å². The van der Waals surface area contributed by atoms with Gasteiger partial charge in [0.2, 0.25) is 0 Å². The first kappa shape index (κ1) is 20.3. The lowest BCUT2D eigenvalue weighted by Gasteiger charge is -2.10. The summed E-state index contributed by atoms with van der Waals surface area (Å²) in [5, 5.41) is 7.65. The van der Waals surface area contributed by atoms with Crippen molar-refractivity contribution < 1.29 is 18.7 Å². The van der Waals surface area contributed by atoms with Crippen molar-refractivity contribution in [1.29, 1.82) is 0 Å². The van der Waals surface area contributed by atoms with E-state index in [1.54, 1.807) is 36.9 Å². The predicted molar refractivity (Wildman–Crippen MR) is 116 cm³/mol. The molecule has 8 heteroatoms. The number of esters is 1. The van der Waals surface area contributed by atoms with Crippen LogP contribution in [-0.2, 0) is 16.6 Å². The number of ether oxygens (including phenoxy) is 1. The van der Waals surface area contributed by atoms with Gasteiger partial charge in [0.15, 0.2) is 12.4 Å². The van der Waals surface area contributed by atoms with Gasteiger partial charge in [-0.25, -0.2) is 9.78 Å². The molecule has 8 nitrogen and oxygen atoms in total. The molecule has 31 heavy (non-hydrogen) atoms. The Kier molecular flexibility index (Phi) is 5.29. The molecular weight excluding hydrogens is 396 g/mol. The predicted octanol–water partition coefficient (Wildman–Crippen LogP) is 3.95. The van der Waals surface area contributed by atoms with Gasteiger partial charge in [0.1, 0.15) is 11.5 Å². The van der Waals surface area contributed by atoms with E-state index < -0.39 is 18.5 Å². The summed E-state index contributed by atoms with van der Waals surface area (Å²) in [5.74, 6) is 0.245. The molecule has 1 aromatic carbocycles. The fourth-order valence-electron chi connectivity index (χ4n) is 3.38. The molecule has 0 aliphatic heterocycles. The Morgan fingerprint density at radius 2 is 1.90 bits per heavy atom. The number of nitrogens with one attached hydrogen (secondary N) is 1. The Balaban J connectivity index is 1.56. The highest BCUT2D eigenvalue weighted by molar-refractivity contribution is 6.05. The molecule has 0 bridgehead atoms. The second-order valence-electron chi connectivity index (χ2n) is 7.28. The van der Waals surface area contributed by atoms with Crippen molar-refractivity contribution in [3.05, 3.63) is 65.2 Å². The maximum atomic E-state index is 12.9. The number of pyridine rings is 1. The highest BCUT2D eigenvalue weighted by Crippen LogP contribution is 2.27. The fraction of sp³-hybridized carbons (Fsp3) is 0.217. The third-order valence-electron chi connectivity index (χ3n) is 5.04. The average Bonchev–Trinajstić information content (AvgIpc) is 3.29. The number of amides is 1. The van der Waals surface area contributed by atoms with Crippen molar-refractivity contribution in [3.63, 3.8) is 0 Å². The summed E-state index contributed by atoms with van der Waals surface area (Å²) in [4.78, 5) is 29.8. The van der Waals surface area contributed by atoms with Crippen LogP contribution in [0.4, 0.5) is 5.69 Å². The van der Waals surface area contributed by atoms with Gasteiger partial charge in [-0.05, 0) is 45.0 Å². The summed E-state index contributed by atoms with van der Waals surface area (Å²) in [6, 6.07) is 12.5. The van der Waals surface area contributed by atoms with Gasteiger partial charge in [0.25, 0.3) is 5.91 Å². The number of benzene rings is 1. The zero-order valence-corrected chi connectivity index (χ0v) is 17.7. The summed E-state index contributed by atoms with van der Waals surface area (Å²) >= 11 is 0. The van der Waals surface area contributed by atoms with Crippen LogP contribution in [0.1, 0.15) is 27.5 Å². The molecule has 0 saturated carbocycles. The van der Waals surface area contributed by atoms with Crippen LogP contribution in [0, 0.1) is 20.8 Å². The number of furan rings is 1. The number of rotatable bonds is 5. The van der Waals surface area contributed by atoms with E-state index in [-0.39, 0.29) is 0 Å². The normalized spacial score (nSPS) is 11.0. The summed E-state index contributed by atoms with van der Waals surface area (Å²) in [6.45, 7) is 5.07. The zero-order chi connectivity index (χ0) is 22.1. The topological polar surface area (TPSA) is 99.2 Å². The largest absolute Gasteiger partial charge is 0.460 e. The fourth-order valence-corrected chi connectivity index (χ4v) is 3.38. The number of aromatic nitrogens is 3. The number of hydrogen-bond donors (Lipinski definition) is 1. The number of fused-ring (bicyclic) bond motifs is 1. The minimum Gasteiger partial charge on any atom is -0.460 e. The molecule has 1 N–H and O–H groups in total. The van der Waals surface area contributed by atoms with E-state index in [4.69, 9.17) is 9.15 Å². The molecule has 0 radical (unpaired) electrons. The third-order valence-corrected chi connectivity index (χ3v) is 5.04. The van der Waals surface area contributed by atoms with E-state index in [0.29, 0.717) is 39.3 Å². The first-order valence-corrected chi connectivity index (χ1v) is 9.77. The minimum absolute atomic E-state index is 0.316. The molecule has 4 aromatic rings. The number of aryl methyl sites for hydroxylation is 3. The molecule has 0 aliphatic carbocycles. The van der Waals surface area contributed by atoms with E-state index in [1.807, 2.05) is 38.1 Å². The SMILES string of the molecule is Cc1ccc(-c2cc(C(=O)OCC(=O)Nc3c(C)nn(C)c3C)c3ccccc3n2)o1. The number of carbonyl (C=O) groups is 2. The van der Waals surface area contributed by atoms with Crippen LogP contribution in [0.15, 0.2) is 46.9 Å². The Morgan fingerprint density at radius 3 is 2.58 bits per heavy atom. The summed E-state index contributed by atoms with van der Waals surface area (Å²) in [6.07, 6.45) is 0. The molecule has 0 atom stereocenters. The molecule has 0 aliphatic rings. The first-order valence-electron chi connectivity index (χ1n) is 9.77. The minimum atomic E-state index is -0.613. The number of para-hydroxylation sites is 1. The van der Waals surface area contributed by atoms with E-state index in [2.05, 4.69) is 15.4 Å². The van der Waals surface area contributed by atoms with Gasteiger partial charge in [-0.1, -0.05) is 18.2 Å². The lowest BCUT2D eigenvalue weighted by molar-refractivity contribution is -0.119. The number of anilines is 1. The van der Waals surface area contributed by atoms with E-state index in [0.717, 1.165) is 11.5 Å². The van der Waals surface area contributed by atoms with Gasteiger partial charge >= 0.3 is 5.97 Å². The number of hydrogen-bond acceptors (Lipinski definition) is 6. The molecule has 3 heterocycles. The van der Waals surface area contributed by atoms with Crippen molar-refractivity contribution >= 4 is 28.5 Å². The van der Waals surface area contributed by atoms with Gasteiger partial charge in [-0.3, -0.25) is 9.48 Å². The Labute approximate surface area is 178 Å². The van der Waals surface area contributed by atoms with Crippen LogP contribution in [0.5, 0.6) is 0 Å². The van der Waals surface area contributed by atoms with Crippen LogP contribution in [-0.4, -0.2) is 33.2 Å². The smallest absolute Gasteiger partial charge is 0.339 e. The molecule has 158 valence electrons. The molecule has 0 fully saturated rings. The van der Waals surface area contributed by atoms with Gasteiger partial charge < -0.3 is 14.5 Å². The molecule has 0 spiro atoms. The lowest BCUT2D eigenvalue weighted by Crippen LogP contribution is -2.21. The second-order valence-corrected chi connectivity index (χ2v) is 7.28. The zero-order valence-electron chi connectivity index (χ0n) is 17.7. The summed E-state index contributed by atoms with van der Waals surface area (Å²) in [5.41, 5.74) is 3.59. The Bertz CT molecular complexity index is 1300. The maximum absolute atomic E-state index is 12.9. The van der Waals surface area contributed by atoms with Gasteiger partial charge in [-0.15, -0.1) is 0 Å². The van der Waals surface area contributed by atoms with Crippen molar-refractivity contribution in [2.24, 2.45) is 7.05 Å². The van der Waals surface area contributed by atoms with Crippen LogP contribution in [0.2, 0.25) is 0 Å².